The molecule has 0 spiro atoms. The van der Waals surface area contributed by atoms with Gasteiger partial charge in [0.05, 0.1) is 17.1 Å². The first kappa shape index (κ1) is 14.8. The Bertz CT molecular complexity index is 606. The number of nitrogens with two attached hydrogens (primary N) is 1. The van der Waals surface area contributed by atoms with Gasteiger partial charge in [0.1, 0.15) is 13.2 Å². The minimum atomic E-state index is -3.47. The van der Waals surface area contributed by atoms with Crippen molar-refractivity contribution >= 4 is 21.4 Å². The molecule has 1 aromatic rings. The highest BCUT2D eigenvalue weighted by atomic mass is 32.2. The third-order valence-corrected chi connectivity index (χ3v) is 4.38. The Hall–Kier alpha value is -1.63. The third-order valence-electron chi connectivity index (χ3n) is 2.60. The van der Waals surface area contributed by atoms with Gasteiger partial charge < -0.3 is 15.2 Å². The maximum atomic E-state index is 12.1. The van der Waals surface area contributed by atoms with E-state index < -0.39 is 10.0 Å². The summed E-state index contributed by atoms with van der Waals surface area (Å²) < 4.78 is 37.5. The number of rotatable bonds is 3. The van der Waals surface area contributed by atoms with Gasteiger partial charge in [-0.25, -0.2) is 8.42 Å². The second-order valence-corrected chi connectivity index (χ2v) is 7.73. The molecule has 0 aromatic heterocycles. The molecular weight excluding hydrogens is 280 g/mol. The van der Waals surface area contributed by atoms with Crippen molar-refractivity contribution in [3.8, 4) is 11.5 Å². The number of sulfonamides is 1. The number of fused-ring (bicyclic) bond motifs is 1. The Morgan fingerprint density at radius 1 is 1.20 bits per heavy atom. The molecule has 0 atom stereocenters. The second kappa shape index (κ2) is 5.05. The zero-order valence-corrected chi connectivity index (χ0v) is 12.7. The lowest BCUT2D eigenvalue weighted by molar-refractivity contribution is 0.172. The lowest BCUT2D eigenvalue weighted by atomic mass is 10.0. The fourth-order valence-electron chi connectivity index (χ4n) is 1.97. The van der Waals surface area contributed by atoms with Gasteiger partial charge >= 0.3 is 0 Å². The van der Waals surface area contributed by atoms with Crippen molar-refractivity contribution in [2.45, 2.75) is 20.8 Å². The van der Waals surface area contributed by atoms with Gasteiger partial charge in [0.15, 0.2) is 11.5 Å². The fourth-order valence-corrected chi connectivity index (χ4v) is 3.69. The summed E-state index contributed by atoms with van der Waals surface area (Å²) in [4.78, 5) is 0. The maximum absolute atomic E-state index is 12.1. The molecule has 0 aliphatic carbocycles. The molecule has 0 radical (unpaired) electrons. The number of hydrogen-bond acceptors (Lipinski definition) is 5. The van der Waals surface area contributed by atoms with Crippen molar-refractivity contribution in [2.75, 3.05) is 29.4 Å². The van der Waals surface area contributed by atoms with E-state index in [4.69, 9.17) is 15.2 Å². The molecule has 0 bridgehead atoms. The summed E-state index contributed by atoms with van der Waals surface area (Å²) in [6.07, 6.45) is 0. The second-order valence-electron chi connectivity index (χ2n) is 6.00. The molecule has 20 heavy (non-hydrogen) atoms. The predicted octanol–water partition coefficient (Wildman–Crippen LogP) is 1.83. The van der Waals surface area contributed by atoms with Gasteiger partial charge in [0.25, 0.3) is 0 Å². The number of nitrogens with one attached hydrogen (secondary N) is 1. The smallest absolute Gasteiger partial charge is 0.233 e. The molecule has 7 heteroatoms. The van der Waals surface area contributed by atoms with E-state index in [1.165, 1.54) is 0 Å². The summed E-state index contributed by atoms with van der Waals surface area (Å²) in [5.74, 6) is 1.04. The van der Waals surface area contributed by atoms with Crippen LogP contribution in [-0.2, 0) is 10.0 Å². The highest BCUT2D eigenvalue weighted by Gasteiger charge is 2.23. The van der Waals surface area contributed by atoms with Crippen molar-refractivity contribution in [1.29, 1.82) is 0 Å². The first-order valence-electron chi connectivity index (χ1n) is 6.36. The number of anilines is 2. The lowest BCUT2D eigenvalue weighted by Crippen LogP contribution is -2.26. The first-order chi connectivity index (χ1) is 9.16. The van der Waals surface area contributed by atoms with Gasteiger partial charge in [0.2, 0.25) is 10.0 Å². The van der Waals surface area contributed by atoms with E-state index >= 15 is 0 Å². The topological polar surface area (TPSA) is 90.7 Å². The monoisotopic (exact) mass is 300 g/mol. The predicted molar refractivity (Wildman–Crippen MR) is 78.7 cm³/mol. The van der Waals surface area contributed by atoms with Gasteiger partial charge in [-0.1, -0.05) is 20.8 Å². The Balaban J connectivity index is 2.25. The highest BCUT2D eigenvalue weighted by molar-refractivity contribution is 7.92. The van der Waals surface area contributed by atoms with Gasteiger partial charge in [-0.2, -0.15) is 0 Å². The molecule has 0 unspecified atom stereocenters. The molecule has 3 N–H and O–H groups in total. The quantitative estimate of drug-likeness (QED) is 0.831. The number of hydrogen-bond donors (Lipinski definition) is 2. The van der Waals surface area contributed by atoms with Crippen molar-refractivity contribution in [3.63, 3.8) is 0 Å². The Labute approximate surface area is 119 Å². The van der Waals surface area contributed by atoms with Crippen LogP contribution in [0.2, 0.25) is 0 Å². The first-order valence-corrected chi connectivity index (χ1v) is 8.01. The van der Waals surface area contributed by atoms with Crippen LogP contribution in [0.25, 0.3) is 0 Å². The molecule has 1 aromatic carbocycles. The molecule has 1 aliphatic heterocycles. The maximum Gasteiger partial charge on any atom is 0.233 e. The van der Waals surface area contributed by atoms with Crippen molar-refractivity contribution in [3.05, 3.63) is 12.1 Å². The van der Waals surface area contributed by atoms with Crippen LogP contribution in [0.5, 0.6) is 11.5 Å². The fraction of sp³-hybridized carbons (Fsp3) is 0.538. The average Bonchev–Trinajstić information content (AvgIpc) is 2.26. The molecule has 0 saturated carbocycles. The van der Waals surface area contributed by atoms with E-state index in [-0.39, 0.29) is 11.2 Å². The van der Waals surface area contributed by atoms with Crippen LogP contribution in [0.1, 0.15) is 20.8 Å². The summed E-state index contributed by atoms with van der Waals surface area (Å²) >= 11 is 0. The molecule has 2 rings (SSSR count). The summed E-state index contributed by atoms with van der Waals surface area (Å²) in [6, 6.07) is 3.13. The average molecular weight is 300 g/mol. The molecule has 112 valence electrons. The molecule has 1 heterocycles. The third kappa shape index (κ3) is 3.69. The molecular formula is C13H20N2O4S. The largest absolute Gasteiger partial charge is 0.486 e. The van der Waals surface area contributed by atoms with Gasteiger partial charge in [-0.05, 0) is 5.41 Å². The van der Waals surface area contributed by atoms with Crippen LogP contribution in [-0.4, -0.2) is 27.4 Å². The van der Waals surface area contributed by atoms with Crippen LogP contribution in [0.4, 0.5) is 11.4 Å². The minimum Gasteiger partial charge on any atom is -0.486 e. The summed E-state index contributed by atoms with van der Waals surface area (Å²) in [5, 5.41) is 0. The van der Waals surface area contributed by atoms with Crippen LogP contribution in [0.3, 0.4) is 0 Å². The van der Waals surface area contributed by atoms with E-state index in [2.05, 4.69) is 4.72 Å². The Morgan fingerprint density at radius 3 is 2.30 bits per heavy atom. The van der Waals surface area contributed by atoms with E-state index in [0.717, 1.165) is 0 Å². The zero-order valence-electron chi connectivity index (χ0n) is 11.9. The Kier molecular flexibility index (Phi) is 3.73. The molecule has 6 nitrogen and oxygen atoms in total. The van der Waals surface area contributed by atoms with E-state index in [1.807, 2.05) is 20.8 Å². The van der Waals surface area contributed by atoms with Crippen LogP contribution in [0, 0.1) is 5.41 Å². The molecule has 1 aliphatic rings. The number of benzene rings is 1. The van der Waals surface area contributed by atoms with Crippen molar-refractivity contribution < 1.29 is 17.9 Å². The van der Waals surface area contributed by atoms with E-state index in [0.29, 0.717) is 36.1 Å². The zero-order chi connectivity index (χ0) is 15.0. The summed E-state index contributed by atoms with van der Waals surface area (Å²) in [5.41, 5.74) is 6.14. The molecule has 0 fully saturated rings. The Morgan fingerprint density at radius 2 is 1.75 bits per heavy atom. The van der Waals surface area contributed by atoms with Crippen LogP contribution in [0.15, 0.2) is 12.1 Å². The number of ether oxygens (including phenoxy) is 2. The lowest BCUT2D eigenvalue weighted by Gasteiger charge is -2.22. The van der Waals surface area contributed by atoms with Gasteiger partial charge in [-0.3, -0.25) is 4.72 Å². The van der Waals surface area contributed by atoms with E-state index in [1.54, 1.807) is 12.1 Å². The van der Waals surface area contributed by atoms with Crippen molar-refractivity contribution in [1.82, 2.24) is 0 Å². The van der Waals surface area contributed by atoms with Gasteiger partial charge in [-0.15, -0.1) is 0 Å². The summed E-state index contributed by atoms with van der Waals surface area (Å²) in [7, 11) is -3.47. The van der Waals surface area contributed by atoms with Crippen LogP contribution < -0.4 is 19.9 Å². The standard InChI is InChI=1S/C13H20N2O4S/c1-13(2,3)8-20(16,17)15-10-7-12-11(6-9(10)14)18-4-5-19-12/h6-7,15H,4-5,8,14H2,1-3H3. The van der Waals surface area contributed by atoms with Gasteiger partial charge in [0, 0.05) is 12.1 Å². The number of nitrogen functional groups attached to an aromatic ring is 1. The highest BCUT2D eigenvalue weighted by Crippen LogP contribution is 2.37. The SMILES string of the molecule is CC(C)(C)CS(=O)(=O)Nc1cc2c(cc1N)OCCO2. The van der Waals surface area contributed by atoms with Crippen LogP contribution >= 0.6 is 0 Å². The summed E-state index contributed by atoms with van der Waals surface area (Å²) in [6.45, 7) is 6.48. The molecule has 0 saturated heterocycles. The minimum absolute atomic E-state index is 0.00782. The normalized spacial score (nSPS) is 14.9. The molecule has 0 amide bonds. The van der Waals surface area contributed by atoms with E-state index in [9.17, 15) is 8.42 Å². The van der Waals surface area contributed by atoms with Crippen molar-refractivity contribution in [2.24, 2.45) is 5.41 Å².